The van der Waals surface area contributed by atoms with Gasteiger partial charge in [-0.15, -0.1) is 0 Å². The van der Waals surface area contributed by atoms with Crippen LogP contribution in [0.3, 0.4) is 0 Å². The van der Waals surface area contributed by atoms with Crippen LogP contribution < -0.4 is 19.8 Å². The van der Waals surface area contributed by atoms with Crippen molar-refractivity contribution in [3.63, 3.8) is 0 Å². The lowest BCUT2D eigenvalue weighted by atomic mass is 10.1. The quantitative estimate of drug-likeness (QED) is 0.608. The molecule has 0 fully saturated rings. The van der Waals surface area contributed by atoms with Crippen molar-refractivity contribution in [2.45, 2.75) is 34.2 Å². The van der Waals surface area contributed by atoms with Crippen LogP contribution in [0, 0.1) is 6.92 Å². The minimum Gasteiger partial charge on any atom is -0.507 e. The highest BCUT2D eigenvalue weighted by molar-refractivity contribution is 5.83. The number of phenols is 1. The van der Waals surface area contributed by atoms with E-state index in [0.29, 0.717) is 46.9 Å². The Morgan fingerprint density at radius 3 is 2.38 bits per heavy atom. The smallest absolute Gasteiger partial charge is 0.235 e. The first-order chi connectivity index (χ1) is 14.0. The number of aryl methyl sites for hydroxylation is 1. The number of phenolic OH excluding ortho intramolecular Hbond substituents is 1. The van der Waals surface area contributed by atoms with Crippen molar-refractivity contribution in [1.82, 2.24) is 0 Å². The van der Waals surface area contributed by atoms with Crippen LogP contribution in [-0.4, -0.2) is 24.8 Å². The van der Waals surface area contributed by atoms with Gasteiger partial charge in [-0.3, -0.25) is 4.79 Å². The third-order valence-corrected chi connectivity index (χ3v) is 5.05. The fourth-order valence-electron chi connectivity index (χ4n) is 3.35. The summed E-state index contributed by atoms with van der Waals surface area (Å²) in [5, 5.41) is 10.8. The predicted octanol–water partition coefficient (Wildman–Crippen LogP) is 3.42. The molecular formula is C23H28NO5+. The van der Waals surface area contributed by atoms with Gasteiger partial charge in [-0.05, 0) is 52.0 Å². The number of aromatic hydroxyl groups is 1. The molecule has 0 aliphatic heterocycles. The number of hydrogen-bond donors (Lipinski definition) is 2. The van der Waals surface area contributed by atoms with Gasteiger partial charge in [0.25, 0.3) is 0 Å². The summed E-state index contributed by atoms with van der Waals surface area (Å²) in [6, 6.07) is 10.3. The number of para-hydroxylation sites is 2. The summed E-state index contributed by atoms with van der Waals surface area (Å²) in [4.78, 5) is 14.5. The molecule has 0 atom stereocenters. The Bertz CT molecular complexity index is 1050. The number of nitrogens with one attached hydrogen (secondary N) is 1. The van der Waals surface area contributed by atoms with E-state index < -0.39 is 0 Å². The molecule has 0 radical (unpaired) electrons. The summed E-state index contributed by atoms with van der Waals surface area (Å²) >= 11 is 0. The highest BCUT2D eigenvalue weighted by atomic mass is 16.5. The number of rotatable bonds is 8. The van der Waals surface area contributed by atoms with E-state index in [1.807, 2.05) is 19.1 Å². The Kier molecular flexibility index (Phi) is 6.44. The Hall–Kier alpha value is -2.99. The topological polar surface area (TPSA) is 73.3 Å². The van der Waals surface area contributed by atoms with Crippen molar-refractivity contribution >= 4 is 11.0 Å². The third kappa shape index (κ3) is 4.22. The summed E-state index contributed by atoms with van der Waals surface area (Å²) in [6.07, 6.45) is 0. The van der Waals surface area contributed by atoms with Crippen LogP contribution >= 0.6 is 0 Å². The van der Waals surface area contributed by atoms with E-state index in [4.69, 9.17) is 13.9 Å². The van der Waals surface area contributed by atoms with Gasteiger partial charge in [0.05, 0.1) is 30.6 Å². The van der Waals surface area contributed by atoms with Gasteiger partial charge < -0.3 is 23.9 Å². The van der Waals surface area contributed by atoms with Crippen LogP contribution in [0.4, 0.5) is 0 Å². The lowest BCUT2D eigenvalue weighted by Gasteiger charge is -2.18. The minimum atomic E-state index is -0.272. The summed E-state index contributed by atoms with van der Waals surface area (Å²) in [5.41, 5.74) is 0.783. The maximum atomic E-state index is 13.2. The summed E-state index contributed by atoms with van der Waals surface area (Å²) in [5.74, 6) is 1.63. The highest BCUT2D eigenvalue weighted by Crippen LogP contribution is 2.34. The molecule has 2 N–H and O–H groups in total. The zero-order chi connectivity index (χ0) is 21.0. The highest BCUT2D eigenvalue weighted by Gasteiger charge is 2.21. The van der Waals surface area contributed by atoms with Gasteiger partial charge in [0, 0.05) is 0 Å². The number of benzene rings is 2. The maximum absolute atomic E-state index is 13.2. The molecule has 0 aliphatic rings. The monoisotopic (exact) mass is 398 g/mol. The molecule has 2 aromatic carbocycles. The second-order valence-electron chi connectivity index (χ2n) is 6.87. The second-order valence-corrected chi connectivity index (χ2v) is 6.87. The Balaban J connectivity index is 2.11. The standard InChI is InChI=1S/C23H27NO5/c1-5-24(6-2)14-17-18(25)13-12-16-21(26)22(15(4)28-23(16)17)29-20-11-9-8-10-19(20)27-7-3/h8-13,25H,5-7,14H2,1-4H3/p+1. The molecule has 0 aliphatic carbocycles. The number of hydrogen-bond acceptors (Lipinski definition) is 5. The SMILES string of the molecule is CCOc1ccccc1Oc1c(C)oc2c(C[NH+](CC)CC)c(O)ccc2c1=O. The van der Waals surface area contributed by atoms with E-state index in [0.717, 1.165) is 13.1 Å². The molecule has 1 aromatic heterocycles. The van der Waals surface area contributed by atoms with Gasteiger partial charge in [0.1, 0.15) is 18.1 Å². The molecule has 3 aromatic rings. The van der Waals surface area contributed by atoms with Gasteiger partial charge in [-0.2, -0.15) is 0 Å². The largest absolute Gasteiger partial charge is 0.507 e. The summed E-state index contributed by atoms with van der Waals surface area (Å²) in [6.45, 7) is 10.6. The molecule has 6 heteroatoms. The van der Waals surface area contributed by atoms with Gasteiger partial charge >= 0.3 is 0 Å². The van der Waals surface area contributed by atoms with E-state index in [9.17, 15) is 9.90 Å². The molecule has 3 rings (SSSR count). The molecule has 1 heterocycles. The van der Waals surface area contributed by atoms with E-state index >= 15 is 0 Å². The number of fused-ring (bicyclic) bond motifs is 1. The van der Waals surface area contributed by atoms with E-state index in [1.54, 1.807) is 31.2 Å². The first-order valence-electron chi connectivity index (χ1n) is 10.0. The average molecular weight is 398 g/mol. The summed E-state index contributed by atoms with van der Waals surface area (Å²) < 4.78 is 17.5. The van der Waals surface area contributed by atoms with Crippen molar-refractivity contribution in [1.29, 1.82) is 0 Å². The van der Waals surface area contributed by atoms with Crippen molar-refractivity contribution in [3.8, 4) is 23.0 Å². The van der Waals surface area contributed by atoms with Gasteiger partial charge in [0.15, 0.2) is 17.1 Å². The molecule has 0 saturated carbocycles. The van der Waals surface area contributed by atoms with Crippen LogP contribution in [0.15, 0.2) is 45.6 Å². The van der Waals surface area contributed by atoms with Crippen LogP contribution in [0.1, 0.15) is 32.1 Å². The fourth-order valence-corrected chi connectivity index (χ4v) is 3.35. The molecule has 0 unspecified atom stereocenters. The average Bonchev–Trinajstić information content (AvgIpc) is 2.72. The van der Waals surface area contributed by atoms with Crippen LogP contribution in [0.2, 0.25) is 0 Å². The molecule has 0 saturated heterocycles. The zero-order valence-corrected chi connectivity index (χ0v) is 17.4. The molecule has 29 heavy (non-hydrogen) atoms. The number of ether oxygens (including phenoxy) is 2. The first-order valence-corrected chi connectivity index (χ1v) is 10.0. The second kappa shape index (κ2) is 9.01. The fraction of sp³-hybridized carbons (Fsp3) is 0.348. The Morgan fingerprint density at radius 1 is 1.03 bits per heavy atom. The van der Waals surface area contributed by atoms with Gasteiger partial charge in [0.2, 0.25) is 11.2 Å². The van der Waals surface area contributed by atoms with Crippen LogP contribution in [0.25, 0.3) is 11.0 Å². The maximum Gasteiger partial charge on any atom is 0.235 e. The van der Waals surface area contributed by atoms with Crippen LogP contribution in [0.5, 0.6) is 23.0 Å². The normalized spacial score (nSPS) is 11.2. The van der Waals surface area contributed by atoms with E-state index in [-0.39, 0.29) is 16.9 Å². The van der Waals surface area contributed by atoms with Crippen LogP contribution in [-0.2, 0) is 6.54 Å². The van der Waals surface area contributed by atoms with E-state index in [2.05, 4.69) is 13.8 Å². The molecule has 6 nitrogen and oxygen atoms in total. The van der Waals surface area contributed by atoms with Crippen molar-refractivity contribution < 1.29 is 23.9 Å². The Labute approximate surface area is 170 Å². The van der Waals surface area contributed by atoms with Crippen molar-refractivity contribution in [2.75, 3.05) is 19.7 Å². The zero-order valence-electron chi connectivity index (χ0n) is 17.4. The van der Waals surface area contributed by atoms with Gasteiger partial charge in [-0.25, -0.2) is 0 Å². The lowest BCUT2D eigenvalue weighted by molar-refractivity contribution is -0.910. The minimum absolute atomic E-state index is 0.122. The molecular weight excluding hydrogens is 370 g/mol. The third-order valence-electron chi connectivity index (χ3n) is 5.05. The molecule has 0 bridgehead atoms. The molecule has 154 valence electrons. The molecule has 0 spiro atoms. The lowest BCUT2D eigenvalue weighted by Crippen LogP contribution is -3.10. The van der Waals surface area contributed by atoms with E-state index in [1.165, 1.54) is 4.90 Å². The predicted molar refractivity (Wildman–Crippen MR) is 112 cm³/mol. The Morgan fingerprint density at radius 2 is 1.72 bits per heavy atom. The molecule has 0 amide bonds. The number of quaternary nitrogens is 1. The van der Waals surface area contributed by atoms with Crippen molar-refractivity contribution in [2.24, 2.45) is 0 Å². The first kappa shape index (κ1) is 20.7. The summed E-state index contributed by atoms with van der Waals surface area (Å²) in [7, 11) is 0. The van der Waals surface area contributed by atoms with Crippen molar-refractivity contribution in [3.05, 3.63) is 57.9 Å². The van der Waals surface area contributed by atoms with Gasteiger partial charge in [-0.1, -0.05) is 12.1 Å².